The van der Waals surface area contributed by atoms with Crippen LogP contribution in [0.1, 0.15) is 31.0 Å². The van der Waals surface area contributed by atoms with Crippen LogP contribution < -0.4 is 9.64 Å². The van der Waals surface area contributed by atoms with Gasteiger partial charge in [0.25, 0.3) is 0 Å². The number of benzene rings is 1. The van der Waals surface area contributed by atoms with Crippen LogP contribution in [0, 0.1) is 0 Å². The summed E-state index contributed by atoms with van der Waals surface area (Å²) >= 11 is 0. The second kappa shape index (κ2) is 5.77. The van der Waals surface area contributed by atoms with Crippen LogP contribution in [0.2, 0.25) is 0 Å². The zero-order chi connectivity index (χ0) is 17.7. The molecule has 0 radical (unpaired) electrons. The van der Waals surface area contributed by atoms with Crippen LogP contribution in [-0.4, -0.2) is 59.4 Å². The Morgan fingerprint density at radius 3 is 2.62 bits per heavy atom. The molecule has 1 aromatic heterocycles. The molecule has 1 saturated heterocycles. The molecule has 0 bridgehead atoms. The molecule has 2 aromatic rings. The number of piperazine rings is 1. The van der Waals surface area contributed by atoms with Crippen LogP contribution in [0.4, 0.5) is 11.5 Å². The molecule has 3 aliphatic rings. The summed E-state index contributed by atoms with van der Waals surface area (Å²) in [4.78, 5) is 18.3. The molecule has 0 N–H and O–H groups in total. The number of nitrogens with zero attached hydrogens (tertiary/aromatic N) is 5. The molecule has 5 rings (SSSR count). The van der Waals surface area contributed by atoms with Crippen molar-refractivity contribution in [2.75, 3.05) is 38.1 Å². The van der Waals surface area contributed by atoms with Crippen molar-refractivity contribution < 1.29 is 4.74 Å². The smallest absolute Gasteiger partial charge is 0.132 e. The van der Waals surface area contributed by atoms with Crippen molar-refractivity contribution in [3.05, 3.63) is 41.9 Å². The minimum absolute atomic E-state index is 0.0266. The lowest BCUT2D eigenvalue weighted by Crippen LogP contribution is -2.44. The molecule has 6 nitrogen and oxygen atoms in total. The minimum atomic E-state index is 0.0266. The molecule has 2 aliphatic heterocycles. The number of hydrogen-bond acceptors (Lipinski definition) is 6. The van der Waals surface area contributed by atoms with Gasteiger partial charge in [-0.1, -0.05) is 0 Å². The van der Waals surface area contributed by atoms with E-state index in [0.29, 0.717) is 0 Å². The maximum atomic E-state index is 6.10. The fourth-order valence-electron chi connectivity index (χ4n) is 3.44. The fourth-order valence-corrected chi connectivity index (χ4v) is 3.44. The first-order chi connectivity index (χ1) is 12.6. The standard InChI is InChI=1S/C20H23N5O/c1-20(5-6-20)26-14-3-4-16-15(11-14)19(23-16)17-12-18(22-13-21-17)25-9-7-24(2)8-10-25/h3-4,11-13H,5-10H2,1-2H3. The van der Waals surface area contributed by atoms with Crippen molar-refractivity contribution in [2.24, 2.45) is 4.99 Å². The predicted octanol–water partition coefficient (Wildman–Crippen LogP) is 2.64. The number of anilines is 1. The Kier molecular flexibility index (Phi) is 3.50. The molecule has 6 heteroatoms. The quantitative estimate of drug-likeness (QED) is 0.725. The Labute approximate surface area is 153 Å². The maximum absolute atomic E-state index is 6.10. The van der Waals surface area contributed by atoms with Crippen LogP contribution >= 0.6 is 0 Å². The van der Waals surface area contributed by atoms with Crippen LogP contribution in [-0.2, 0) is 0 Å². The van der Waals surface area contributed by atoms with Gasteiger partial charge in [0, 0.05) is 37.8 Å². The van der Waals surface area contributed by atoms with Gasteiger partial charge >= 0.3 is 0 Å². The average molecular weight is 349 g/mol. The molecule has 0 atom stereocenters. The van der Waals surface area contributed by atoms with Crippen molar-refractivity contribution in [3.63, 3.8) is 0 Å². The number of aromatic nitrogens is 2. The fraction of sp³-hybridized carbons (Fsp3) is 0.450. The third-order valence-electron chi connectivity index (χ3n) is 5.50. The largest absolute Gasteiger partial charge is 0.488 e. The molecule has 1 aromatic carbocycles. The first-order valence-electron chi connectivity index (χ1n) is 9.28. The van der Waals surface area contributed by atoms with E-state index in [0.717, 1.165) is 73.2 Å². The molecule has 0 amide bonds. The third-order valence-corrected chi connectivity index (χ3v) is 5.50. The van der Waals surface area contributed by atoms with E-state index >= 15 is 0 Å². The minimum Gasteiger partial charge on any atom is -0.488 e. The van der Waals surface area contributed by atoms with Crippen LogP contribution in [0.25, 0.3) is 0 Å². The first-order valence-corrected chi connectivity index (χ1v) is 9.28. The predicted molar refractivity (Wildman–Crippen MR) is 102 cm³/mol. The molecule has 26 heavy (non-hydrogen) atoms. The van der Waals surface area contributed by atoms with Crippen LogP contribution in [0.3, 0.4) is 0 Å². The highest BCUT2D eigenvalue weighted by Crippen LogP contribution is 2.42. The molecule has 1 aliphatic carbocycles. The van der Waals surface area contributed by atoms with E-state index < -0.39 is 0 Å². The van der Waals surface area contributed by atoms with E-state index in [9.17, 15) is 0 Å². The summed E-state index contributed by atoms with van der Waals surface area (Å²) in [6.07, 6.45) is 3.91. The van der Waals surface area contributed by atoms with Gasteiger partial charge in [0.1, 0.15) is 23.5 Å². The molecule has 2 fully saturated rings. The Balaban J connectivity index is 1.38. The summed E-state index contributed by atoms with van der Waals surface area (Å²) in [5.74, 6) is 1.90. The van der Waals surface area contributed by atoms with Gasteiger partial charge in [-0.25, -0.2) is 15.0 Å². The number of ether oxygens (including phenoxy) is 1. The Morgan fingerprint density at radius 1 is 1.04 bits per heavy atom. The number of aliphatic imine (C=N–C) groups is 1. The van der Waals surface area contributed by atoms with E-state index in [1.807, 2.05) is 12.1 Å². The third kappa shape index (κ3) is 2.84. The summed E-state index contributed by atoms with van der Waals surface area (Å²) in [6, 6.07) is 8.20. The van der Waals surface area contributed by atoms with Crippen molar-refractivity contribution in [2.45, 2.75) is 25.4 Å². The maximum Gasteiger partial charge on any atom is 0.132 e. The van der Waals surface area contributed by atoms with Crippen molar-refractivity contribution >= 4 is 17.2 Å². The number of likely N-dealkylation sites (N-methyl/N-ethyl adjacent to an activating group) is 1. The highest BCUT2D eigenvalue weighted by molar-refractivity contribution is 6.21. The summed E-state index contributed by atoms with van der Waals surface area (Å²) in [7, 11) is 2.16. The lowest BCUT2D eigenvalue weighted by Gasteiger charge is -2.33. The number of fused-ring (bicyclic) bond motifs is 1. The lowest BCUT2D eigenvalue weighted by atomic mass is 9.98. The molecule has 134 valence electrons. The highest BCUT2D eigenvalue weighted by atomic mass is 16.5. The number of hydrogen-bond donors (Lipinski definition) is 0. The van der Waals surface area contributed by atoms with Crippen molar-refractivity contribution in [1.29, 1.82) is 0 Å². The van der Waals surface area contributed by atoms with Gasteiger partial charge in [0.05, 0.1) is 17.1 Å². The Bertz CT molecular complexity index is 882. The Morgan fingerprint density at radius 2 is 1.85 bits per heavy atom. The summed E-state index contributed by atoms with van der Waals surface area (Å²) in [6.45, 7) is 6.26. The Hall–Kier alpha value is -2.47. The summed E-state index contributed by atoms with van der Waals surface area (Å²) in [5, 5.41) is 0. The van der Waals surface area contributed by atoms with E-state index in [2.05, 4.69) is 50.9 Å². The van der Waals surface area contributed by atoms with Crippen LogP contribution in [0.5, 0.6) is 5.75 Å². The van der Waals surface area contributed by atoms with Crippen molar-refractivity contribution in [3.8, 4) is 5.75 Å². The summed E-state index contributed by atoms with van der Waals surface area (Å²) in [5.41, 5.74) is 3.97. The van der Waals surface area contributed by atoms with E-state index in [1.165, 1.54) is 0 Å². The van der Waals surface area contributed by atoms with Gasteiger partial charge in [0.2, 0.25) is 0 Å². The topological polar surface area (TPSA) is 53.9 Å². The van der Waals surface area contributed by atoms with E-state index in [-0.39, 0.29) is 5.60 Å². The lowest BCUT2D eigenvalue weighted by molar-refractivity contribution is 0.200. The highest BCUT2D eigenvalue weighted by Gasteiger charge is 2.40. The molecule has 0 unspecified atom stereocenters. The molecular formula is C20H23N5O. The van der Waals surface area contributed by atoms with E-state index in [1.54, 1.807) is 6.33 Å². The first kappa shape index (κ1) is 15.8. The second-order valence-electron chi connectivity index (χ2n) is 7.74. The zero-order valence-corrected chi connectivity index (χ0v) is 15.3. The van der Waals surface area contributed by atoms with Gasteiger partial charge in [-0.2, -0.15) is 0 Å². The van der Waals surface area contributed by atoms with Gasteiger partial charge in [-0.15, -0.1) is 0 Å². The van der Waals surface area contributed by atoms with Crippen molar-refractivity contribution in [1.82, 2.24) is 14.9 Å². The number of rotatable bonds is 4. The molecule has 1 saturated carbocycles. The van der Waals surface area contributed by atoms with Crippen LogP contribution in [0.15, 0.2) is 35.6 Å². The van der Waals surface area contributed by atoms with Gasteiger partial charge in [-0.3, -0.25) is 0 Å². The zero-order valence-electron chi connectivity index (χ0n) is 15.3. The van der Waals surface area contributed by atoms with Gasteiger partial charge in [-0.05, 0) is 45.0 Å². The second-order valence-corrected chi connectivity index (χ2v) is 7.74. The monoisotopic (exact) mass is 349 g/mol. The molecule has 0 spiro atoms. The SMILES string of the molecule is CN1CCN(c2cc(C3=Nc4ccc(OC5(C)CC5)cc43)ncn2)CC1. The molecule has 3 heterocycles. The summed E-state index contributed by atoms with van der Waals surface area (Å²) < 4.78 is 6.10. The normalized spacial score (nSPS) is 20.8. The van der Waals surface area contributed by atoms with E-state index in [4.69, 9.17) is 4.74 Å². The average Bonchev–Trinajstić information content (AvgIpc) is 3.35. The molecular weight excluding hydrogens is 326 g/mol. The van der Waals surface area contributed by atoms with Gasteiger partial charge < -0.3 is 14.5 Å². The van der Waals surface area contributed by atoms with Gasteiger partial charge in [0.15, 0.2) is 0 Å².